The summed E-state index contributed by atoms with van der Waals surface area (Å²) in [6, 6.07) is 3.69. The summed E-state index contributed by atoms with van der Waals surface area (Å²) in [5, 5.41) is 9.73. The summed E-state index contributed by atoms with van der Waals surface area (Å²) in [6.45, 7) is 1.72. The Hall–Kier alpha value is -1.25. The predicted octanol–water partition coefficient (Wildman–Crippen LogP) is 2.44. The minimum absolute atomic E-state index is 0.280. The molecular formula is C12H17NO2. The molecule has 0 aliphatic heterocycles. The van der Waals surface area contributed by atoms with Crippen molar-refractivity contribution in [3.8, 4) is 0 Å². The van der Waals surface area contributed by atoms with Crippen LogP contribution in [-0.4, -0.2) is 9.94 Å². The van der Waals surface area contributed by atoms with E-state index in [2.05, 4.69) is 0 Å². The van der Waals surface area contributed by atoms with E-state index in [0.717, 1.165) is 23.3 Å². The molecule has 2 rings (SSSR count). The molecule has 3 nitrogen and oxygen atoms in total. The number of hydrogen-bond acceptors (Lipinski definition) is 2. The zero-order valence-corrected chi connectivity index (χ0v) is 9.07. The van der Waals surface area contributed by atoms with Crippen molar-refractivity contribution in [3.05, 3.63) is 33.7 Å². The number of pyridine rings is 1. The highest BCUT2D eigenvalue weighted by Crippen LogP contribution is 2.31. The zero-order valence-electron chi connectivity index (χ0n) is 9.07. The molecule has 0 bridgehead atoms. The first kappa shape index (κ1) is 10.3. The first-order valence-electron chi connectivity index (χ1n) is 5.62. The van der Waals surface area contributed by atoms with Crippen molar-refractivity contribution >= 4 is 0 Å². The maximum atomic E-state index is 11.5. The second kappa shape index (κ2) is 4.09. The second-order valence-electron chi connectivity index (χ2n) is 4.39. The largest absolute Gasteiger partial charge is 0.425 e. The Morgan fingerprint density at radius 3 is 2.60 bits per heavy atom. The van der Waals surface area contributed by atoms with Crippen LogP contribution in [0.25, 0.3) is 0 Å². The predicted molar refractivity (Wildman–Crippen MR) is 58.4 cm³/mol. The van der Waals surface area contributed by atoms with Crippen molar-refractivity contribution in [2.75, 3.05) is 0 Å². The van der Waals surface area contributed by atoms with E-state index in [4.69, 9.17) is 0 Å². The average Bonchev–Trinajstić information content (AvgIpc) is 2.27. The lowest BCUT2D eigenvalue weighted by Crippen LogP contribution is -2.25. The van der Waals surface area contributed by atoms with E-state index in [9.17, 15) is 10.0 Å². The highest BCUT2D eigenvalue weighted by atomic mass is 16.5. The van der Waals surface area contributed by atoms with Crippen LogP contribution in [0.1, 0.15) is 49.3 Å². The molecule has 1 fully saturated rings. The first-order valence-corrected chi connectivity index (χ1v) is 5.62. The topological polar surface area (TPSA) is 42.2 Å². The standard InChI is InChI=1S/C12H17NO2/c1-9-7-8-11(13(15)12(9)14)10-5-3-2-4-6-10/h7-8,10,15H,2-6H2,1H3. The van der Waals surface area contributed by atoms with Crippen molar-refractivity contribution < 1.29 is 5.21 Å². The number of rotatable bonds is 1. The van der Waals surface area contributed by atoms with Crippen LogP contribution in [-0.2, 0) is 0 Å². The fourth-order valence-electron chi connectivity index (χ4n) is 2.34. The summed E-state index contributed by atoms with van der Waals surface area (Å²) in [4.78, 5) is 11.5. The number of aryl methyl sites for hydroxylation is 1. The van der Waals surface area contributed by atoms with Gasteiger partial charge in [-0.05, 0) is 25.8 Å². The molecule has 1 saturated carbocycles. The minimum Gasteiger partial charge on any atom is -0.425 e. The summed E-state index contributed by atoms with van der Waals surface area (Å²) in [7, 11) is 0. The summed E-state index contributed by atoms with van der Waals surface area (Å²) < 4.78 is 0.839. The average molecular weight is 207 g/mol. The van der Waals surface area contributed by atoms with E-state index in [1.807, 2.05) is 6.07 Å². The molecule has 1 aromatic rings. The molecule has 3 heteroatoms. The molecule has 0 aromatic carbocycles. The van der Waals surface area contributed by atoms with Gasteiger partial charge in [0.25, 0.3) is 5.56 Å². The van der Waals surface area contributed by atoms with E-state index in [1.165, 1.54) is 19.3 Å². The molecule has 1 N–H and O–H groups in total. The molecule has 15 heavy (non-hydrogen) atoms. The van der Waals surface area contributed by atoms with E-state index in [1.54, 1.807) is 13.0 Å². The Morgan fingerprint density at radius 1 is 1.27 bits per heavy atom. The molecule has 0 amide bonds. The molecule has 1 aromatic heterocycles. The van der Waals surface area contributed by atoms with Gasteiger partial charge in [-0.1, -0.05) is 25.3 Å². The lowest BCUT2D eigenvalue weighted by Gasteiger charge is -2.22. The van der Waals surface area contributed by atoms with Crippen LogP contribution in [0.4, 0.5) is 0 Å². The molecule has 1 heterocycles. The third-order valence-corrected chi connectivity index (χ3v) is 3.30. The monoisotopic (exact) mass is 207 g/mol. The van der Waals surface area contributed by atoms with E-state index < -0.39 is 0 Å². The molecule has 0 unspecified atom stereocenters. The summed E-state index contributed by atoms with van der Waals surface area (Å²) in [5.74, 6) is 0.358. The van der Waals surface area contributed by atoms with Crippen molar-refractivity contribution in [2.24, 2.45) is 0 Å². The van der Waals surface area contributed by atoms with Gasteiger partial charge in [0.2, 0.25) is 0 Å². The van der Waals surface area contributed by atoms with Gasteiger partial charge in [0.15, 0.2) is 0 Å². The third kappa shape index (κ3) is 1.91. The lowest BCUT2D eigenvalue weighted by molar-refractivity contribution is 0.156. The maximum absolute atomic E-state index is 11.5. The Morgan fingerprint density at radius 2 is 1.93 bits per heavy atom. The number of nitrogens with zero attached hydrogens (tertiary/aromatic N) is 1. The van der Waals surface area contributed by atoms with Gasteiger partial charge in [0.05, 0.1) is 5.69 Å². The van der Waals surface area contributed by atoms with Crippen molar-refractivity contribution in [2.45, 2.75) is 44.9 Å². The number of aromatic nitrogens is 1. The zero-order chi connectivity index (χ0) is 10.8. The van der Waals surface area contributed by atoms with Crippen LogP contribution in [0.15, 0.2) is 16.9 Å². The Balaban J connectivity index is 2.35. The maximum Gasteiger partial charge on any atom is 0.285 e. The summed E-state index contributed by atoms with van der Waals surface area (Å²) in [5.41, 5.74) is 1.10. The highest BCUT2D eigenvalue weighted by Gasteiger charge is 2.19. The van der Waals surface area contributed by atoms with Crippen molar-refractivity contribution in [1.82, 2.24) is 4.73 Å². The smallest absolute Gasteiger partial charge is 0.285 e. The van der Waals surface area contributed by atoms with E-state index >= 15 is 0 Å². The van der Waals surface area contributed by atoms with Gasteiger partial charge in [-0.25, -0.2) is 0 Å². The summed E-state index contributed by atoms with van der Waals surface area (Å²) in [6.07, 6.45) is 5.85. The fraction of sp³-hybridized carbons (Fsp3) is 0.583. The SMILES string of the molecule is Cc1ccc(C2CCCCC2)n(O)c1=O. The van der Waals surface area contributed by atoms with Gasteiger partial charge in [0, 0.05) is 11.5 Å². The number of hydrogen-bond donors (Lipinski definition) is 1. The summed E-state index contributed by atoms with van der Waals surface area (Å²) >= 11 is 0. The van der Waals surface area contributed by atoms with Crippen LogP contribution in [0.2, 0.25) is 0 Å². The highest BCUT2D eigenvalue weighted by molar-refractivity contribution is 5.17. The first-order chi connectivity index (χ1) is 7.20. The van der Waals surface area contributed by atoms with Crippen molar-refractivity contribution in [3.63, 3.8) is 0 Å². The quantitative estimate of drug-likeness (QED) is 0.719. The van der Waals surface area contributed by atoms with Crippen LogP contribution >= 0.6 is 0 Å². The Labute approximate surface area is 89.3 Å². The Kier molecular flexibility index (Phi) is 2.80. The van der Waals surface area contributed by atoms with Crippen LogP contribution in [0.5, 0.6) is 0 Å². The molecule has 82 valence electrons. The molecular weight excluding hydrogens is 190 g/mol. The molecule has 0 spiro atoms. The second-order valence-corrected chi connectivity index (χ2v) is 4.39. The lowest BCUT2D eigenvalue weighted by atomic mass is 9.86. The van der Waals surface area contributed by atoms with Gasteiger partial charge in [-0.2, -0.15) is 4.73 Å². The van der Waals surface area contributed by atoms with Gasteiger partial charge >= 0.3 is 0 Å². The van der Waals surface area contributed by atoms with Gasteiger partial charge in [-0.15, -0.1) is 0 Å². The third-order valence-electron chi connectivity index (χ3n) is 3.30. The van der Waals surface area contributed by atoms with E-state index in [-0.39, 0.29) is 5.56 Å². The molecule has 1 aliphatic rings. The van der Waals surface area contributed by atoms with Gasteiger partial charge in [0.1, 0.15) is 0 Å². The normalized spacial score (nSPS) is 17.9. The Bertz CT molecular complexity index is 403. The fourth-order valence-corrected chi connectivity index (χ4v) is 2.34. The molecule has 0 saturated heterocycles. The minimum atomic E-state index is -0.280. The molecule has 1 aliphatic carbocycles. The molecule has 0 radical (unpaired) electrons. The van der Waals surface area contributed by atoms with Crippen LogP contribution in [0, 0.1) is 6.92 Å². The van der Waals surface area contributed by atoms with Gasteiger partial charge < -0.3 is 5.21 Å². The van der Waals surface area contributed by atoms with Crippen LogP contribution in [0.3, 0.4) is 0 Å². The van der Waals surface area contributed by atoms with Gasteiger partial charge in [-0.3, -0.25) is 4.79 Å². The van der Waals surface area contributed by atoms with E-state index in [0.29, 0.717) is 11.5 Å². The van der Waals surface area contributed by atoms with Crippen LogP contribution < -0.4 is 5.56 Å². The molecule has 0 atom stereocenters. The van der Waals surface area contributed by atoms with Crippen molar-refractivity contribution in [1.29, 1.82) is 0 Å².